The molecule has 0 unspecified atom stereocenters. The second-order valence-corrected chi connectivity index (χ2v) is 4.28. The van der Waals surface area contributed by atoms with Crippen LogP contribution in [-0.2, 0) is 0 Å². The minimum absolute atomic E-state index is 1.27. The third-order valence-electron chi connectivity index (χ3n) is 3.21. The lowest BCUT2D eigenvalue weighted by Gasteiger charge is -2.19. The molecule has 0 nitrogen and oxygen atoms in total. The van der Waals surface area contributed by atoms with Crippen molar-refractivity contribution in [2.45, 2.75) is 39.5 Å². The summed E-state index contributed by atoms with van der Waals surface area (Å²) in [6, 6.07) is 8.75. The number of hydrogen-bond acceptors (Lipinski definition) is 0. The van der Waals surface area contributed by atoms with Gasteiger partial charge in [-0.3, -0.25) is 0 Å². The van der Waals surface area contributed by atoms with E-state index in [1.165, 1.54) is 36.8 Å². The van der Waals surface area contributed by atoms with Crippen LogP contribution in [0.3, 0.4) is 0 Å². The van der Waals surface area contributed by atoms with Gasteiger partial charge >= 0.3 is 0 Å². The first-order valence-electron chi connectivity index (χ1n) is 5.53. The lowest BCUT2D eigenvalue weighted by molar-refractivity contribution is 0.714. The van der Waals surface area contributed by atoms with Crippen LogP contribution in [-0.4, -0.2) is 0 Å². The summed E-state index contributed by atoms with van der Waals surface area (Å²) in [4.78, 5) is 0. The van der Waals surface area contributed by atoms with Gasteiger partial charge in [-0.1, -0.05) is 29.8 Å². The lowest BCUT2D eigenvalue weighted by atomic mass is 9.86. The van der Waals surface area contributed by atoms with Gasteiger partial charge in [0, 0.05) is 0 Å². The number of hydrogen-bond donors (Lipinski definition) is 0. The number of allylic oxidation sites excluding steroid dienone is 2. The molecular formula is C14H18. The standard InChI is InChI=1S/C14H18/c1-11-7-3-5-9-13(11)14-10-6-4-8-12(14)2/h3,5,7,9H,4,6,8,10H2,1-2H3. The van der Waals surface area contributed by atoms with E-state index in [2.05, 4.69) is 38.1 Å². The smallest absolute Gasteiger partial charge is 0.0196 e. The van der Waals surface area contributed by atoms with Gasteiger partial charge in [0.05, 0.1) is 0 Å². The largest absolute Gasteiger partial charge is 0.0695 e. The normalized spacial score (nSPS) is 17.3. The van der Waals surface area contributed by atoms with Crippen LogP contribution in [0.5, 0.6) is 0 Å². The highest BCUT2D eigenvalue weighted by atomic mass is 14.2. The van der Waals surface area contributed by atoms with Crippen molar-refractivity contribution >= 4 is 5.57 Å². The van der Waals surface area contributed by atoms with Gasteiger partial charge in [0.2, 0.25) is 0 Å². The van der Waals surface area contributed by atoms with E-state index in [-0.39, 0.29) is 0 Å². The van der Waals surface area contributed by atoms with Crippen LogP contribution < -0.4 is 0 Å². The molecule has 0 saturated carbocycles. The van der Waals surface area contributed by atoms with Gasteiger partial charge in [0.25, 0.3) is 0 Å². The fraction of sp³-hybridized carbons (Fsp3) is 0.429. The Bertz CT molecular complexity index is 358. The average molecular weight is 186 g/mol. The molecule has 0 bridgehead atoms. The molecule has 0 aromatic heterocycles. The van der Waals surface area contributed by atoms with E-state index in [1.807, 2.05) is 0 Å². The van der Waals surface area contributed by atoms with Gasteiger partial charge in [-0.2, -0.15) is 0 Å². The average Bonchev–Trinajstić information content (AvgIpc) is 2.20. The molecule has 74 valence electrons. The van der Waals surface area contributed by atoms with Gasteiger partial charge in [0.15, 0.2) is 0 Å². The van der Waals surface area contributed by atoms with Crippen molar-refractivity contribution < 1.29 is 0 Å². The van der Waals surface area contributed by atoms with E-state index in [0.717, 1.165) is 0 Å². The lowest BCUT2D eigenvalue weighted by Crippen LogP contribution is -1.98. The zero-order chi connectivity index (χ0) is 9.97. The summed E-state index contributed by atoms with van der Waals surface area (Å²) in [7, 11) is 0. The molecule has 1 aromatic carbocycles. The van der Waals surface area contributed by atoms with E-state index in [4.69, 9.17) is 0 Å². The minimum atomic E-state index is 1.27. The Morgan fingerprint density at radius 1 is 0.929 bits per heavy atom. The quantitative estimate of drug-likeness (QED) is 0.612. The molecule has 0 heterocycles. The highest BCUT2D eigenvalue weighted by molar-refractivity contribution is 5.71. The third-order valence-corrected chi connectivity index (χ3v) is 3.21. The second-order valence-electron chi connectivity index (χ2n) is 4.28. The SMILES string of the molecule is CC1=C(c2ccccc2C)CCCC1. The second kappa shape index (κ2) is 4.00. The van der Waals surface area contributed by atoms with Crippen LogP contribution in [0.4, 0.5) is 0 Å². The van der Waals surface area contributed by atoms with Crippen molar-refractivity contribution in [3.63, 3.8) is 0 Å². The molecule has 0 spiro atoms. The molecule has 1 aromatic rings. The maximum absolute atomic E-state index is 2.29. The van der Waals surface area contributed by atoms with Gasteiger partial charge in [0.1, 0.15) is 0 Å². The predicted octanol–water partition coefficient (Wildman–Crippen LogP) is 4.34. The first kappa shape index (κ1) is 9.51. The van der Waals surface area contributed by atoms with E-state index in [9.17, 15) is 0 Å². The van der Waals surface area contributed by atoms with Gasteiger partial charge < -0.3 is 0 Å². The maximum Gasteiger partial charge on any atom is -0.0196 e. The molecule has 0 amide bonds. The van der Waals surface area contributed by atoms with E-state index < -0.39 is 0 Å². The maximum atomic E-state index is 2.29. The first-order valence-corrected chi connectivity index (χ1v) is 5.53. The number of aryl methyl sites for hydroxylation is 1. The molecule has 0 N–H and O–H groups in total. The molecule has 2 rings (SSSR count). The van der Waals surface area contributed by atoms with E-state index in [0.29, 0.717) is 0 Å². The van der Waals surface area contributed by atoms with Gasteiger partial charge in [-0.05, 0) is 56.2 Å². The molecule has 14 heavy (non-hydrogen) atoms. The predicted molar refractivity (Wildman–Crippen MR) is 62.2 cm³/mol. The zero-order valence-corrected chi connectivity index (χ0v) is 9.14. The van der Waals surface area contributed by atoms with Crippen molar-refractivity contribution in [3.8, 4) is 0 Å². The minimum Gasteiger partial charge on any atom is -0.0695 e. The van der Waals surface area contributed by atoms with Crippen molar-refractivity contribution in [3.05, 3.63) is 41.0 Å². The first-order chi connectivity index (χ1) is 6.79. The Morgan fingerprint density at radius 2 is 1.64 bits per heavy atom. The third kappa shape index (κ3) is 1.75. The summed E-state index contributed by atoms with van der Waals surface area (Å²) in [6.07, 6.45) is 5.31. The summed E-state index contributed by atoms with van der Waals surface area (Å²) in [6.45, 7) is 4.51. The van der Waals surface area contributed by atoms with Crippen LogP contribution in [0.2, 0.25) is 0 Å². The van der Waals surface area contributed by atoms with E-state index in [1.54, 1.807) is 11.1 Å². The summed E-state index contributed by atoms with van der Waals surface area (Å²) in [5.41, 5.74) is 6.10. The van der Waals surface area contributed by atoms with Crippen molar-refractivity contribution in [2.75, 3.05) is 0 Å². The van der Waals surface area contributed by atoms with Crippen LogP contribution >= 0.6 is 0 Å². The van der Waals surface area contributed by atoms with Crippen molar-refractivity contribution in [1.29, 1.82) is 0 Å². The Labute approximate surface area is 86.7 Å². The molecule has 0 aliphatic heterocycles. The van der Waals surface area contributed by atoms with Gasteiger partial charge in [-0.15, -0.1) is 0 Å². The van der Waals surface area contributed by atoms with Crippen molar-refractivity contribution in [1.82, 2.24) is 0 Å². The Balaban J connectivity index is 2.43. The fourth-order valence-corrected chi connectivity index (χ4v) is 2.33. The van der Waals surface area contributed by atoms with Crippen LogP contribution in [0.15, 0.2) is 29.8 Å². The van der Waals surface area contributed by atoms with E-state index >= 15 is 0 Å². The monoisotopic (exact) mass is 186 g/mol. The molecule has 1 aliphatic rings. The van der Waals surface area contributed by atoms with Crippen LogP contribution in [0.25, 0.3) is 5.57 Å². The number of rotatable bonds is 1. The summed E-state index contributed by atoms with van der Waals surface area (Å²) >= 11 is 0. The zero-order valence-electron chi connectivity index (χ0n) is 9.14. The molecular weight excluding hydrogens is 168 g/mol. The van der Waals surface area contributed by atoms with Gasteiger partial charge in [-0.25, -0.2) is 0 Å². The van der Waals surface area contributed by atoms with Crippen molar-refractivity contribution in [2.24, 2.45) is 0 Å². The van der Waals surface area contributed by atoms with Crippen LogP contribution in [0, 0.1) is 6.92 Å². The fourth-order valence-electron chi connectivity index (χ4n) is 2.33. The molecule has 0 atom stereocenters. The summed E-state index contributed by atoms with van der Waals surface area (Å²) < 4.78 is 0. The molecule has 0 heteroatoms. The summed E-state index contributed by atoms with van der Waals surface area (Å²) in [5, 5.41) is 0. The summed E-state index contributed by atoms with van der Waals surface area (Å²) in [5.74, 6) is 0. The molecule has 1 aliphatic carbocycles. The topological polar surface area (TPSA) is 0 Å². The molecule has 0 radical (unpaired) electrons. The highest BCUT2D eigenvalue weighted by Gasteiger charge is 2.11. The molecule has 0 fully saturated rings. The number of benzene rings is 1. The van der Waals surface area contributed by atoms with Crippen LogP contribution in [0.1, 0.15) is 43.7 Å². The molecule has 0 saturated heterocycles. The Morgan fingerprint density at radius 3 is 2.36 bits per heavy atom. The Kier molecular flexibility index (Phi) is 2.72. The highest BCUT2D eigenvalue weighted by Crippen LogP contribution is 2.33. The Hall–Kier alpha value is -1.04.